The zero-order chi connectivity index (χ0) is 28.8. The standard InChI is InChI=1S/C26H41N3O8Si/c1-9-11-35-24(33)27-15-18(28-25(34)36-12-10-2)13-17-14-19-20(22(30)29(19)21(17)23(31)32)16(3)37-38(7,8)26(4,5)6/h9-10,16,18-20H,1-2,11-15H2,3-8H3,(H,27,33)(H,28,34)(H,31,32)/t16-,18-,19-,20-/m1/s1. The number of carbonyl (C=O) groups is 4. The minimum atomic E-state index is -2.16. The summed E-state index contributed by atoms with van der Waals surface area (Å²) in [5, 5.41) is 15.1. The first-order chi connectivity index (χ1) is 17.6. The number of nitrogens with one attached hydrogen (secondary N) is 2. The minimum absolute atomic E-state index is 0.00882. The van der Waals surface area contributed by atoms with Gasteiger partial charge in [-0.15, -0.1) is 0 Å². The summed E-state index contributed by atoms with van der Waals surface area (Å²) in [6.07, 6.45) is 1.39. The van der Waals surface area contributed by atoms with Crippen molar-refractivity contribution in [2.75, 3.05) is 19.8 Å². The minimum Gasteiger partial charge on any atom is -0.477 e. The Morgan fingerprint density at radius 2 is 1.74 bits per heavy atom. The van der Waals surface area contributed by atoms with E-state index in [9.17, 15) is 24.3 Å². The molecule has 38 heavy (non-hydrogen) atoms. The van der Waals surface area contributed by atoms with Crippen LogP contribution in [0.25, 0.3) is 0 Å². The van der Waals surface area contributed by atoms with Gasteiger partial charge in [0.25, 0.3) is 0 Å². The number of β-lactam (4-membered cyclic amide) rings is 1. The maximum Gasteiger partial charge on any atom is 0.407 e. The van der Waals surface area contributed by atoms with Gasteiger partial charge in [-0.05, 0) is 43.5 Å². The van der Waals surface area contributed by atoms with Crippen LogP contribution in [0.3, 0.4) is 0 Å². The quantitative estimate of drug-likeness (QED) is 0.179. The van der Waals surface area contributed by atoms with E-state index in [1.807, 2.05) is 6.92 Å². The highest BCUT2D eigenvalue weighted by atomic mass is 28.4. The molecule has 12 heteroatoms. The number of ether oxygens (including phenoxy) is 2. The molecular weight excluding hydrogens is 510 g/mol. The summed E-state index contributed by atoms with van der Waals surface area (Å²) in [5.74, 6) is -1.97. The molecule has 0 spiro atoms. The molecule has 0 saturated carbocycles. The van der Waals surface area contributed by atoms with Crippen LogP contribution in [0.4, 0.5) is 9.59 Å². The number of carboxylic acids is 1. The molecule has 0 unspecified atom stereocenters. The Balaban J connectivity index is 2.21. The summed E-state index contributed by atoms with van der Waals surface area (Å²) in [6.45, 7) is 19.4. The fourth-order valence-corrected chi connectivity index (χ4v) is 5.88. The van der Waals surface area contributed by atoms with Crippen molar-refractivity contribution in [3.63, 3.8) is 0 Å². The molecule has 0 bridgehead atoms. The third-order valence-electron chi connectivity index (χ3n) is 7.27. The molecule has 1 saturated heterocycles. The Hall–Kier alpha value is -3.12. The van der Waals surface area contributed by atoms with Crippen LogP contribution in [0.15, 0.2) is 36.6 Å². The maximum atomic E-state index is 13.2. The molecule has 0 radical (unpaired) electrons. The first-order valence-electron chi connectivity index (χ1n) is 12.7. The van der Waals surface area contributed by atoms with Crippen molar-refractivity contribution in [2.45, 2.75) is 76.9 Å². The topological polar surface area (TPSA) is 144 Å². The van der Waals surface area contributed by atoms with Gasteiger partial charge in [0.05, 0.1) is 24.1 Å². The fourth-order valence-electron chi connectivity index (χ4n) is 4.45. The van der Waals surface area contributed by atoms with Crippen LogP contribution < -0.4 is 10.6 Å². The average Bonchev–Trinajstić information content (AvgIpc) is 3.12. The van der Waals surface area contributed by atoms with Crippen LogP contribution in [0.2, 0.25) is 18.1 Å². The summed E-state index contributed by atoms with van der Waals surface area (Å²) in [6, 6.07) is -1.07. The SMILES string of the molecule is C=CCOC(=O)NC[C@@H](CC1=C(C(=O)O)N2C(=O)[C@H]([C@@H](C)O[Si](C)(C)C(C)(C)C)[C@H]2C1)NC(=O)OCC=C. The lowest BCUT2D eigenvalue weighted by atomic mass is 9.82. The summed E-state index contributed by atoms with van der Waals surface area (Å²) >= 11 is 0. The first kappa shape index (κ1) is 31.1. The number of carbonyl (C=O) groups excluding carboxylic acids is 3. The van der Waals surface area contributed by atoms with Gasteiger partial charge in [-0.25, -0.2) is 14.4 Å². The first-order valence-corrected chi connectivity index (χ1v) is 15.6. The normalized spacial score (nSPS) is 20.6. The average molecular weight is 552 g/mol. The van der Waals surface area contributed by atoms with Crippen LogP contribution in [0.5, 0.6) is 0 Å². The monoisotopic (exact) mass is 551 g/mol. The van der Waals surface area contributed by atoms with Gasteiger partial charge in [-0.1, -0.05) is 46.1 Å². The van der Waals surface area contributed by atoms with Crippen molar-refractivity contribution in [1.82, 2.24) is 15.5 Å². The van der Waals surface area contributed by atoms with E-state index >= 15 is 0 Å². The predicted octanol–water partition coefficient (Wildman–Crippen LogP) is 3.55. The van der Waals surface area contributed by atoms with Gasteiger partial charge < -0.3 is 34.5 Å². The molecule has 0 aromatic rings. The van der Waals surface area contributed by atoms with E-state index in [0.717, 1.165) is 0 Å². The van der Waals surface area contributed by atoms with Crippen LogP contribution >= 0.6 is 0 Å². The van der Waals surface area contributed by atoms with E-state index in [0.29, 0.717) is 12.0 Å². The number of aliphatic carboxylic acids is 1. The Morgan fingerprint density at radius 3 is 2.26 bits per heavy atom. The summed E-state index contributed by atoms with van der Waals surface area (Å²) < 4.78 is 16.4. The third-order valence-corrected chi connectivity index (χ3v) is 11.8. The lowest BCUT2D eigenvalue weighted by Crippen LogP contribution is -2.63. The number of rotatable bonds is 13. The van der Waals surface area contributed by atoms with Crippen LogP contribution in [-0.4, -0.2) is 80.3 Å². The van der Waals surface area contributed by atoms with Gasteiger partial charge >= 0.3 is 18.2 Å². The highest BCUT2D eigenvalue weighted by molar-refractivity contribution is 6.74. The number of hydrogen-bond acceptors (Lipinski definition) is 7. The van der Waals surface area contributed by atoms with E-state index in [1.54, 1.807) is 0 Å². The number of alkyl carbamates (subject to hydrolysis) is 2. The molecule has 0 aromatic heterocycles. The number of amides is 3. The molecule has 2 aliphatic rings. The molecule has 2 heterocycles. The van der Waals surface area contributed by atoms with E-state index < -0.39 is 38.4 Å². The Bertz CT molecular complexity index is 987. The van der Waals surface area contributed by atoms with Gasteiger partial charge in [0.2, 0.25) is 5.91 Å². The van der Waals surface area contributed by atoms with Crippen molar-refractivity contribution < 1.29 is 38.2 Å². The second kappa shape index (κ2) is 12.6. The van der Waals surface area contributed by atoms with E-state index in [-0.39, 0.29) is 55.0 Å². The number of nitrogens with zero attached hydrogens (tertiary/aromatic N) is 1. The van der Waals surface area contributed by atoms with E-state index in [4.69, 9.17) is 13.9 Å². The largest absolute Gasteiger partial charge is 0.477 e. The molecule has 3 N–H and O–H groups in total. The Kier molecular flexibility index (Phi) is 10.3. The van der Waals surface area contributed by atoms with Gasteiger partial charge in [0.1, 0.15) is 18.9 Å². The maximum absolute atomic E-state index is 13.2. The third kappa shape index (κ3) is 7.25. The van der Waals surface area contributed by atoms with Crippen LogP contribution in [0.1, 0.15) is 40.5 Å². The van der Waals surface area contributed by atoms with Crippen molar-refractivity contribution >= 4 is 32.4 Å². The van der Waals surface area contributed by atoms with Gasteiger partial charge in [-0.3, -0.25) is 4.79 Å². The molecule has 2 rings (SSSR count). The molecule has 1 fully saturated rings. The fraction of sp³-hybridized carbons (Fsp3) is 0.615. The molecule has 0 aromatic carbocycles. The van der Waals surface area contributed by atoms with Gasteiger partial charge in [0, 0.05) is 6.54 Å². The molecular formula is C26H41N3O8Si. The predicted molar refractivity (Wildman–Crippen MR) is 144 cm³/mol. The summed E-state index contributed by atoms with van der Waals surface area (Å²) in [5.41, 5.74) is 0.407. The number of hydrogen-bond donors (Lipinski definition) is 3. The number of carboxylic acid groups (broad SMARTS) is 1. The smallest absolute Gasteiger partial charge is 0.407 e. The summed E-state index contributed by atoms with van der Waals surface area (Å²) in [4.78, 5) is 50.8. The molecule has 4 atom stereocenters. The molecule has 2 aliphatic heterocycles. The zero-order valence-corrected chi connectivity index (χ0v) is 24.2. The lowest BCUT2D eigenvalue weighted by Gasteiger charge is -2.48. The van der Waals surface area contributed by atoms with Gasteiger partial charge in [0.15, 0.2) is 8.32 Å². The van der Waals surface area contributed by atoms with Crippen molar-refractivity contribution in [3.8, 4) is 0 Å². The molecule has 212 valence electrons. The second-order valence-electron chi connectivity index (χ2n) is 11.0. The molecule has 11 nitrogen and oxygen atoms in total. The van der Waals surface area contributed by atoms with Crippen LogP contribution in [0, 0.1) is 5.92 Å². The van der Waals surface area contributed by atoms with Crippen molar-refractivity contribution in [2.24, 2.45) is 5.92 Å². The van der Waals surface area contributed by atoms with E-state index in [1.165, 1.54) is 17.1 Å². The van der Waals surface area contributed by atoms with Crippen LogP contribution in [-0.2, 0) is 23.5 Å². The summed E-state index contributed by atoms with van der Waals surface area (Å²) in [7, 11) is -2.16. The lowest BCUT2D eigenvalue weighted by molar-refractivity contribution is -0.160. The molecule has 3 amide bonds. The van der Waals surface area contributed by atoms with Gasteiger partial charge in [-0.2, -0.15) is 0 Å². The van der Waals surface area contributed by atoms with Crippen molar-refractivity contribution in [3.05, 3.63) is 36.6 Å². The second-order valence-corrected chi connectivity index (χ2v) is 15.8. The Morgan fingerprint density at radius 1 is 1.16 bits per heavy atom. The highest BCUT2D eigenvalue weighted by Gasteiger charge is 2.58. The van der Waals surface area contributed by atoms with E-state index in [2.05, 4.69) is 57.7 Å². The molecule has 0 aliphatic carbocycles. The zero-order valence-electron chi connectivity index (χ0n) is 23.2. The number of fused-ring (bicyclic) bond motifs is 1. The van der Waals surface area contributed by atoms with Crippen molar-refractivity contribution in [1.29, 1.82) is 0 Å². The highest BCUT2D eigenvalue weighted by Crippen LogP contribution is 2.47. The Labute approximate surface area is 225 Å².